The quantitative estimate of drug-likeness (QED) is 0.628. The number of hydrogen-bond acceptors (Lipinski definition) is 3. The van der Waals surface area contributed by atoms with Crippen LogP contribution in [0.15, 0.2) is 0 Å². The van der Waals surface area contributed by atoms with Gasteiger partial charge in [0.25, 0.3) is 0 Å². The minimum atomic E-state index is -0.617. The fourth-order valence-corrected chi connectivity index (χ4v) is 1.20. The predicted molar refractivity (Wildman–Crippen MR) is 60.2 cm³/mol. The van der Waals surface area contributed by atoms with E-state index in [4.69, 9.17) is 5.73 Å². The van der Waals surface area contributed by atoms with Gasteiger partial charge in [-0.15, -0.1) is 0 Å². The first-order valence-corrected chi connectivity index (χ1v) is 5.67. The van der Waals surface area contributed by atoms with Crippen molar-refractivity contribution in [1.82, 2.24) is 5.32 Å². The van der Waals surface area contributed by atoms with Crippen molar-refractivity contribution in [3.05, 3.63) is 0 Å². The largest absolute Gasteiger partial charge is 0.320 e. The molecule has 0 bridgehead atoms. The molecular weight excluding hydrogens is 192 g/mol. The third-order valence-electron chi connectivity index (χ3n) is 2.18. The average Bonchev–Trinajstić information content (AvgIpc) is 2.17. The van der Waals surface area contributed by atoms with Gasteiger partial charge in [-0.25, -0.2) is 0 Å². The monoisotopic (exact) mass is 214 g/mol. The molecule has 1 atom stereocenters. The number of carbonyl (C=O) groups is 2. The molecule has 2 amide bonds. The second-order valence-corrected chi connectivity index (χ2v) is 3.87. The van der Waals surface area contributed by atoms with E-state index < -0.39 is 11.9 Å². The van der Waals surface area contributed by atoms with Crippen molar-refractivity contribution >= 4 is 11.8 Å². The lowest BCUT2D eigenvalue weighted by Crippen LogP contribution is -2.41. The maximum atomic E-state index is 11.2. The van der Waals surface area contributed by atoms with E-state index in [9.17, 15) is 9.59 Å². The molecule has 0 aliphatic rings. The summed E-state index contributed by atoms with van der Waals surface area (Å²) in [6.45, 7) is 3.71. The van der Waals surface area contributed by atoms with Gasteiger partial charge in [-0.1, -0.05) is 32.6 Å². The maximum absolute atomic E-state index is 11.2. The van der Waals surface area contributed by atoms with Gasteiger partial charge < -0.3 is 5.73 Å². The van der Waals surface area contributed by atoms with Gasteiger partial charge in [0.15, 0.2) is 0 Å². The van der Waals surface area contributed by atoms with Gasteiger partial charge in [0.1, 0.15) is 0 Å². The van der Waals surface area contributed by atoms with Crippen LogP contribution in [0.25, 0.3) is 0 Å². The molecule has 0 fully saturated rings. The molecule has 0 aliphatic heterocycles. The highest BCUT2D eigenvalue weighted by molar-refractivity contribution is 5.97. The first-order valence-electron chi connectivity index (χ1n) is 5.67. The number of imide groups is 1. The Morgan fingerprint density at radius 1 is 1.20 bits per heavy atom. The van der Waals surface area contributed by atoms with Crippen LogP contribution in [0.3, 0.4) is 0 Å². The van der Waals surface area contributed by atoms with E-state index >= 15 is 0 Å². The Kier molecular flexibility index (Phi) is 7.91. The Morgan fingerprint density at radius 3 is 2.33 bits per heavy atom. The first kappa shape index (κ1) is 14.1. The third kappa shape index (κ3) is 8.12. The fraction of sp³-hybridized carbons (Fsp3) is 0.818. The molecule has 0 radical (unpaired) electrons. The van der Waals surface area contributed by atoms with E-state index in [1.54, 1.807) is 6.92 Å². The smallest absolute Gasteiger partial charge is 0.243 e. The van der Waals surface area contributed by atoms with Crippen molar-refractivity contribution in [2.45, 2.75) is 58.4 Å². The van der Waals surface area contributed by atoms with Gasteiger partial charge in [0.2, 0.25) is 11.8 Å². The van der Waals surface area contributed by atoms with E-state index in [-0.39, 0.29) is 5.91 Å². The molecule has 4 heteroatoms. The summed E-state index contributed by atoms with van der Waals surface area (Å²) in [4.78, 5) is 22.2. The molecule has 3 N–H and O–H groups in total. The van der Waals surface area contributed by atoms with E-state index in [0.717, 1.165) is 19.3 Å². The lowest BCUT2D eigenvalue weighted by Gasteiger charge is -2.06. The molecule has 0 heterocycles. The minimum absolute atomic E-state index is 0.214. The molecule has 0 aliphatic carbocycles. The summed E-state index contributed by atoms with van der Waals surface area (Å²) in [5.74, 6) is -0.609. The van der Waals surface area contributed by atoms with Crippen LogP contribution < -0.4 is 11.1 Å². The summed E-state index contributed by atoms with van der Waals surface area (Å²) < 4.78 is 0. The number of carbonyl (C=O) groups excluding carboxylic acids is 2. The zero-order chi connectivity index (χ0) is 11.7. The lowest BCUT2D eigenvalue weighted by molar-refractivity contribution is -0.131. The topological polar surface area (TPSA) is 72.2 Å². The number of rotatable bonds is 7. The van der Waals surface area contributed by atoms with Gasteiger partial charge >= 0.3 is 0 Å². The number of nitrogens with two attached hydrogens (primary N) is 1. The highest BCUT2D eigenvalue weighted by Gasteiger charge is 2.10. The summed E-state index contributed by atoms with van der Waals surface area (Å²) in [6.07, 6.45) is 5.87. The summed E-state index contributed by atoms with van der Waals surface area (Å²) in [5.41, 5.74) is 5.31. The predicted octanol–water partition coefficient (Wildman–Crippen LogP) is 1.34. The second-order valence-electron chi connectivity index (χ2n) is 3.87. The van der Waals surface area contributed by atoms with E-state index in [0.29, 0.717) is 6.42 Å². The van der Waals surface area contributed by atoms with Crippen LogP contribution in [0.1, 0.15) is 52.4 Å². The number of nitrogens with one attached hydrogen (secondary N) is 1. The minimum Gasteiger partial charge on any atom is -0.320 e. The van der Waals surface area contributed by atoms with Crippen molar-refractivity contribution < 1.29 is 9.59 Å². The number of amides is 2. The van der Waals surface area contributed by atoms with Gasteiger partial charge in [-0.3, -0.25) is 14.9 Å². The van der Waals surface area contributed by atoms with Gasteiger partial charge in [-0.2, -0.15) is 0 Å². The molecular formula is C11H22N2O2. The first-order chi connectivity index (χ1) is 7.07. The lowest BCUT2D eigenvalue weighted by atomic mass is 10.1. The van der Waals surface area contributed by atoms with E-state index in [1.807, 2.05) is 0 Å². The van der Waals surface area contributed by atoms with E-state index in [1.165, 1.54) is 12.8 Å². The second kappa shape index (κ2) is 8.41. The van der Waals surface area contributed by atoms with Crippen LogP contribution in [-0.4, -0.2) is 17.9 Å². The molecule has 4 nitrogen and oxygen atoms in total. The van der Waals surface area contributed by atoms with E-state index in [2.05, 4.69) is 12.2 Å². The summed E-state index contributed by atoms with van der Waals surface area (Å²) in [7, 11) is 0. The van der Waals surface area contributed by atoms with Gasteiger partial charge in [0, 0.05) is 6.42 Å². The Bertz CT molecular complexity index is 203. The maximum Gasteiger partial charge on any atom is 0.243 e. The fourth-order valence-electron chi connectivity index (χ4n) is 1.20. The SMILES string of the molecule is CCCCCCCC(=O)NC(=O)[C@H](C)N. The summed E-state index contributed by atoms with van der Waals surface area (Å²) in [5, 5.41) is 2.27. The van der Waals surface area contributed by atoms with Crippen LogP contribution in [-0.2, 0) is 9.59 Å². The zero-order valence-electron chi connectivity index (χ0n) is 9.71. The molecule has 0 aromatic carbocycles. The van der Waals surface area contributed by atoms with Crippen molar-refractivity contribution in [3.63, 3.8) is 0 Å². The highest BCUT2D eigenvalue weighted by Crippen LogP contribution is 2.04. The molecule has 0 saturated carbocycles. The van der Waals surface area contributed by atoms with Crippen molar-refractivity contribution in [3.8, 4) is 0 Å². The Balaban J connectivity index is 3.45. The Hall–Kier alpha value is -0.900. The third-order valence-corrected chi connectivity index (χ3v) is 2.18. The van der Waals surface area contributed by atoms with Crippen LogP contribution >= 0.6 is 0 Å². The van der Waals surface area contributed by atoms with Gasteiger partial charge in [0.05, 0.1) is 6.04 Å². The molecule has 0 rings (SSSR count). The van der Waals surface area contributed by atoms with Crippen LogP contribution in [0.5, 0.6) is 0 Å². The van der Waals surface area contributed by atoms with Crippen LogP contribution in [0, 0.1) is 0 Å². The van der Waals surface area contributed by atoms with Crippen molar-refractivity contribution in [1.29, 1.82) is 0 Å². The standard InChI is InChI=1S/C11H22N2O2/c1-3-4-5-6-7-8-10(14)13-11(15)9(2)12/h9H,3-8,12H2,1-2H3,(H,13,14,15)/t9-/m0/s1. The molecule has 88 valence electrons. The Morgan fingerprint density at radius 2 is 1.80 bits per heavy atom. The van der Waals surface area contributed by atoms with Crippen molar-refractivity contribution in [2.24, 2.45) is 5.73 Å². The molecule has 0 spiro atoms. The molecule has 15 heavy (non-hydrogen) atoms. The zero-order valence-corrected chi connectivity index (χ0v) is 9.71. The molecule has 0 aromatic heterocycles. The van der Waals surface area contributed by atoms with Crippen LogP contribution in [0.4, 0.5) is 0 Å². The Labute approximate surface area is 91.6 Å². The molecule has 0 unspecified atom stereocenters. The summed E-state index contributed by atoms with van der Waals surface area (Å²) in [6, 6.07) is -0.617. The average molecular weight is 214 g/mol. The van der Waals surface area contributed by atoms with Crippen molar-refractivity contribution in [2.75, 3.05) is 0 Å². The highest BCUT2D eigenvalue weighted by atomic mass is 16.2. The number of hydrogen-bond donors (Lipinski definition) is 2. The molecule has 0 saturated heterocycles. The number of unbranched alkanes of at least 4 members (excludes halogenated alkanes) is 4. The van der Waals surface area contributed by atoms with Crippen LogP contribution in [0.2, 0.25) is 0 Å². The normalized spacial score (nSPS) is 12.2. The summed E-state index contributed by atoms with van der Waals surface area (Å²) >= 11 is 0. The molecule has 0 aromatic rings. The van der Waals surface area contributed by atoms with Gasteiger partial charge in [-0.05, 0) is 13.3 Å².